The molecule has 1 saturated heterocycles. The molecule has 0 amide bonds. The van der Waals surface area contributed by atoms with Crippen LogP contribution in [0.25, 0.3) is 10.3 Å². The summed E-state index contributed by atoms with van der Waals surface area (Å²) in [6, 6.07) is 8.64. The number of rotatable bonds is 5. The lowest BCUT2D eigenvalue weighted by Gasteiger charge is -2.15. The normalized spacial score (nSPS) is 19.2. The molecule has 3 heterocycles. The number of carbonyl (C=O) groups excluding carboxylic acids is 1. The van der Waals surface area contributed by atoms with Gasteiger partial charge in [-0.15, -0.1) is 0 Å². The van der Waals surface area contributed by atoms with Gasteiger partial charge in [0.2, 0.25) is 0 Å². The second kappa shape index (κ2) is 7.93. The SMILES string of the molecule is NN=Nc1nc2c(sc(=O)n2C2CC[C@@H](COC(=O)c3ccccc3)O2)c(=O)[nH]1. The van der Waals surface area contributed by atoms with Gasteiger partial charge in [-0.2, -0.15) is 4.98 Å². The first-order valence-corrected chi connectivity index (χ1v) is 9.52. The van der Waals surface area contributed by atoms with Crippen LogP contribution in [0.4, 0.5) is 5.95 Å². The summed E-state index contributed by atoms with van der Waals surface area (Å²) in [7, 11) is 0. The predicted octanol–water partition coefficient (Wildman–Crippen LogP) is 1.64. The highest BCUT2D eigenvalue weighted by Crippen LogP contribution is 2.30. The third-order valence-electron chi connectivity index (χ3n) is 4.40. The molecule has 0 bridgehead atoms. The Bertz CT molecular complexity index is 1180. The molecule has 0 aliphatic carbocycles. The van der Waals surface area contributed by atoms with E-state index in [0.717, 1.165) is 11.3 Å². The van der Waals surface area contributed by atoms with Gasteiger partial charge < -0.3 is 15.3 Å². The molecule has 3 N–H and O–H groups in total. The van der Waals surface area contributed by atoms with Crippen LogP contribution in [0.1, 0.15) is 29.4 Å². The minimum absolute atomic E-state index is 0.0572. The zero-order valence-corrected chi connectivity index (χ0v) is 15.8. The fraction of sp³-hybridized carbons (Fsp3) is 0.294. The van der Waals surface area contributed by atoms with Gasteiger partial charge in [0.15, 0.2) is 5.65 Å². The number of nitrogens with zero attached hydrogens (tertiary/aromatic N) is 4. The summed E-state index contributed by atoms with van der Waals surface area (Å²) >= 11 is 0.768. The number of ether oxygens (including phenoxy) is 2. The van der Waals surface area contributed by atoms with Crippen LogP contribution in [-0.4, -0.2) is 33.2 Å². The van der Waals surface area contributed by atoms with Crippen LogP contribution in [-0.2, 0) is 9.47 Å². The van der Waals surface area contributed by atoms with Crippen molar-refractivity contribution >= 4 is 33.6 Å². The van der Waals surface area contributed by atoms with E-state index in [9.17, 15) is 14.4 Å². The van der Waals surface area contributed by atoms with Crippen LogP contribution in [0.3, 0.4) is 0 Å². The Morgan fingerprint density at radius 3 is 2.90 bits per heavy atom. The van der Waals surface area contributed by atoms with Gasteiger partial charge in [-0.1, -0.05) is 39.9 Å². The summed E-state index contributed by atoms with van der Waals surface area (Å²) in [6.07, 6.45) is 0.0738. The van der Waals surface area contributed by atoms with Crippen molar-refractivity contribution in [2.75, 3.05) is 6.61 Å². The van der Waals surface area contributed by atoms with Crippen LogP contribution >= 0.6 is 11.3 Å². The molecule has 2 atom stereocenters. The summed E-state index contributed by atoms with van der Waals surface area (Å²) in [4.78, 5) is 42.8. The molecule has 0 radical (unpaired) electrons. The standard InChI is InChI=1S/C17H16N6O5S/c18-22-21-16-19-13-12(14(24)20-16)29-17(26)23(13)11-7-6-10(28-11)8-27-15(25)9-4-2-1-3-5-9/h1-5,10-11H,6-8H2,(H3,18,19,20,21,24)/t10-,11?/m0/s1. The highest BCUT2D eigenvalue weighted by Gasteiger charge is 2.31. The molecule has 1 aliphatic heterocycles. The lowest BCUT2D eigenvalue weighted by molar-refractivity contribution is -0.0315. The maximum absolute atomic E-state index is 12.4. The molecule has 150 valence electrons. The number of nitrogens with two attached hydrogens (primary N) is 1. The summed E-state index contributed by atoms with van der Waals surface area (Å²) in [5.41, 5.74) is 0.0924. The maximum atomic E-state index is 12.4. The van der Waals surface area contributed by atoms with E-state index in [0.29, 0.717) is 18.4 Å². The van der Waals surface area contributed by atoms with Gasteiger partial charge in [0.25, 0.3) is 11.5 Å². The van der Waals surface area contributed by atoms with Crippen molar-refractivity contribution in [2.45, 2.75) is 25.2 Å². The van der Waals surface area contributed by atoms with E-state index in [2.05, 4.69) is 20.3 Å². The van der Waals surface area contributed by atoms with Crippen LogP contribution < -0.4 is 16.3 Å². The molecule has 4 rings (SSSR count). The van der Waals surface area contributed by atoms with Crippen molar-refractivity contribution in [3.05, 3.63) is 55.9 Å². The average molecular weight is 416 g/mol. The first-order chi connectivity index (χ1) is 14.1. The van der Waals surface area contributed by atoms with E-state index in [-0.39, 0.29) is 33.9 Å². The molecule has 1 aliphatic rings. The van der Waals surface area contributed by atoms with Crippen LogP contribution in [0.2, 0.25) is 0 Å². The van der Waals surface area contributed by atoms with Crippen molar-refractivity contribution in [1.82, 2.24) is 14.5 Å². The second-order valence-corrected chi connectivity index (χ2v) is 7.21. The number of H-pyrrole nitrogens is 1. The highest BCUT2D eigenvalue weighted by atomic mass is 32.1. The van der Waals surface area contributed by atoms with Crippen LogP contribution in [0, 0.1) is 0 Å². The summed E-state index contributed by atoms with van der Waals surface area (Å²) < 4.78 is 12.7. The van der Waals surface area contributed by atoms with Crippen molar-refractivity contribution in [1.29, 1.82) is 0 Å². The van der Waals surface area contributed by atoms with Crippen molar-refractivity contribution in [3.63, 3.8) is 0 Å². The lowest BCUT2D eigenvalue weighted by atomic mass is 10.2. The Balaban J connectivity index is 1.51. The molecule has 0 saturated carbocycles. The maximum Gasteiger partial charge on any atom is 0.338 e. The first kappa shape index (κ1) is 19.0. The molecule has 2 aromatic heterocycles. The van der Waals surface area contributed by atoms with E-state index in [1.54, 1.807) is 24.3 Å². The van der Waals surface area contributed by atoms with Gasteiger partial charge in [0, 0.05) is 0 Å². The number of aromatic amines is 1. The van der Waals surface area contributed by atoms with Gasteiger partial charge >= 0.3 is 10.8 Å². The summed E-state index contributed by atoms with van der Waals surface area (Å²) in [5, 5.41) is 6.61. The Morgan fingerprint density at radius 2 is 2.14 bits per heavy atom. The fourth-order valence-corrected chi connectivity index (χ4v) is 3.95. The summed E-state index contributed by atoms with van der Waals surface area (Å²) in [6.45, 7) is 0.0572. The fourth-order valence-electron chi connectivity index (χ4n) is 3.10. The zero-order chi connectivity index (χ0) is 20.4. The van der Waals surface area contributed by atoms with E-state index >= 15 is 0 Å². The Labute approximate surface area is 166 Å². The lowest BCUT2D eigenvalue weighted by Crippen LogP contribution is -2.23. The number of hydrogen-bond donors (Lipinski definition) is 2. The molecule has 0 spiro atoms. The smallest absolute Gasteiger partial charge is 0.338 e. The topological polar surface area (TPSA) is 154 Å². The largest absolute Gasteiger partial charge is 0.459 e. The Kier molecular flexibility index (Phi) is 5.18. The predicted molar refractivity (Wildman–Crippen MR) is 103 cm³/mol. The molecule has 29 heavy (non-hydrogen) atoms. The highest BCUT2D eigenvalue weighted by molar-refractivity contribution is 7.16. The third-order valence-corrected chi connectivity index (χ3v) is 5.34. The Morgan fingerprint density at radius 1 is 1.34 bits per heavy atom. The minimum atomic E-state index is -0.631. The first-order valence-electron chi connectivity index (χ1n) is 8.70. The number of hydrogen-bond acceptors (Lipinski definition) is 9. The van der Waals surface area contributed by atoms with E-state index in [1.165, 1.54) is 4.57 Å². The van der Waals surface area contributed by atoms with Gasteiger partial charge in [0.1, 0.15) is 17.5 Å². The monoisotopic (exact) mass is 416 g/mol. The van der Waals surface area contributed by atoms with Gasteiger partial charge in [-0.05, 0) is 25.0 Å². The van der Waals surface area contributed by atoms with E-state index < -0.39 is 17.8 Å². The van der Waals surface area contributed by atoms with Crippen molar-refractivity contribution in [3.8, 4) is 0 Å². The van der Waals surface area contributed by atoms with Crippen molar-refractivity contribution in [2.24, 2.45) is 16.2 Å². The number of nitrogens with one attached hydrogen (secondary N) is 1. The third kappa shape index (κ3) is 3.79. The minimum Gasteiger partial charge on any atom is -0.459 e. The van der Waals surface area contributed by atoms with Gasteiger partial charge in [-0.3, -0.25) is 19.1 Å². The van der Waals surface area contributed by atoms with E-state index in [1.807, 2.05) is 6.07 Å². The van der Waals surface area contributed by atoms with Gasteiger partial charge in [-0.25, -0.2) is 4.79 Å². The number of fused-ring (bicyclic) bond motifs is 1. The van der Waals surface area contributed by atoms with Crippen molar-refractivity contribution < 1.29 is 14.3 Å². The molecule has 1 fully saturated rings. The number of esters is 1. The number of benzene rings is 1. The van der Waals surface area contributed by atoms with Crippen LogP contribution in [0.15, 0.2) is 50.3 Å². The number of aromatic nitrogens is 3. The van der Waals surface area contributed by atoms with E-state index in [4.69, 9.17) is 15.3 Å². The molecule has 11 nitrogen and oxygen atoms in total. The average Bonchev–Trinajstić information content (AvgIpc) is 3.31. The molecule has 3 aromatic rings. The Hall–Kier alpha value is -3.38. The van der Waals surface area contributed by atoms with Gasteiger partial charge in [0.05, 0.1) is 11.7 Å². The van der Waals surface area contributed by atoms with Crippen LogP contribution in [0.5, 0.6) is 0 Å². The molecular formula is C17H16N6O5S. The number of carbonyl (C=O) groups is 1. The number of thiazole rings is 1. The zero-order valence-electron chi connectivity index (χ0n) is 15.0. The molecular weight excluding hydrogens is 400 g/mol. The molecule has 1 unspecified atom stereocenters. The summed E-state index contributed by atoms with van der Waals surface area (Å²) in [5.74, 6) is 4.45. The molecule has 12 heteroatoms. The quantitative estimate of drug-likeness (QED) is 0.277. The second-order valence-electron chi connectivity index (χ2n) is 6.25. The molecule has 1 aromatic carbocycles.